The lowest BCUT2D eigenvalue weighted by atomic mass is 9.86. The van der Waals surface area contributed by atoms with E-state index in [1.165, 1.54) is 7.11 Å². The molecule has 1 aliphatic rings. The van der Waals surface area contributed by atoms with Gasteiger partial charge < -0.3 is 20.5 Å². The van der Waals surface area contributed by atoms with Gasteiger partial charge in [-0.3, -0.25) is 9.59 Å². The third-order valence-electron chi connectivity index (χ3n) is 3.78. The van der Waals surface area contributed by atoms with Gasteiger partial charge >= 0.3 is 5.97 Å². The predicted molar refractivity (Wildman–Crippen MR) is 73.6 cm³/mol. The van der Waals surface area contributed by atoms with Crippen molar-refractivity contribution in [2.45, 2.75) is 6.92 Å². The summed E-state index contributed by atoms with van der Waals surface area (Å²) < 4.78 is 5.04. The fourth-order valence-electron chi connectivity index (χ4n) is 2.23. The van der Waals surface area contributed by atoms with Gasteiger partial charge in [-0.25, -0.2) is 0 Å². The number of nitrogen functional groups attached to an aromatic ring is 1. The van der Waals surface area contributed by atoms with Gasteiger partial charge in [-0.15, -0.1) is 0 Å². The Bertz CT molecular complexity index is 538. The Labute approximate surface area is 117 Å². The average molecular weight is 278 g/mol. The van der Waals surface area contributed by atoms with Crippen molar-refractivity contribution in [3.63, 3.8) is 0 Å². The van der Waals surface area contributed by atoms with E-state index in [0.29, 0.717) is 30.1 Å². The van der Waals surface area contributed by atoms with E-state index in [9.17, 15) is 9.59 Å². The standard InChI is InChI=1S/C14H18N2O4/c1-8(14(18)19)9-6-16(7-9)13(17)11-4-3-10(20-2)5-12(11)15/h3-5,8-9H,6-7,15H2,1-2H3,(H,18,19). The summed E-state index contributed by atoms with van der Waals surface area (Å²) in [6.07, 6.45) is 0. The van der Waals surface area contributed by atoms with Crippen molar-refractivity contribution in [2.24, 2.45) is 11.8 Å². The van der Waals surface area contributed by atoms with E-state index in [2.05, 4.69) is 0 Å². The summed E-state index contributed by atoms with van der Waals surface area (Å²) in [4.78, 5) is 24.7. The van der Waals surface area contributed by atoms with Crippen LogP contribution < -0.4 is 10.5 Å². The third kappa shape index (κ3) is 2.54. The molecule has 6 nitrogen and oxygen atoms in total. The van der Waals surface area contributed by atoms with Gasteiger partial charge in [0.15, 0.2) is 0 Å². The number of benzene rings is 1. The summed E-state index contributed by atoms with van der Waals surface area (Å²) in [5.41, 5.74) is 6.62. The second-order valence-corrected chi connectivity index (χ2v) is 5.05. The monoisotopic (exact) mass is 278 g/mol. The first kappa shape index (κ1) is 14.2. The summed E-state index contributed by atoms with van der Waals surface area (Å²) in [5, 5.41) is 8.92. The van der Waals surface area contributed by atoms with Crippen LogP contribution in [0.3, 0.4) is 0 Å². The van der Waals surface area contributed by atoms with Crippen LogP contribution in [0.15, 0.2) is 18.2 Å². The van der Waals surface area contributed by atoms with Gasteiger partial charge in [-0.2, -0.15) is 0 Å². The molecule has 108 valence electrons. The maximum absolute atomic E-state index is 12.2. The molecule has 0 radical (unpaired) electrons. The van der Waals surface area contributed by atoms with Gasteiger partial charge in [0.1, 0.15) is 5.75 Å². The number of ether oxygens (including phenoxy) is 1. The molecule has 1 saturated heterocycles. The number of aliphatic carboxylic acids is 1. The molecule has 1 fully saturated rings. The van der Waals surface area contributed by atoms with Gasteiger partial charge in [-0.05, 0) is 12.1 Å². The lowest BCUT2D eigenvalue weighted by Crippen LogP contribution is -2.53. The first-order valence-electron chi connectivity index (χ1n) is 6.39. The molecule has 20 heavy (non-hydrogen) atoms. The zero-order valence-electron chi connectivity index (χ0n) is 11.5. The van der Waals surface area contributed by atoms with Crippen LogP contribution in [0.2, 0.25) is 0 Å². The zero-order valence-corrected chi connectivity index (χ0v) is 11.5. The molecule has 3 N–H and O–H groups in total. The predicted octanol–water partition coefficient (Wildman–Crippen LogP) is 1.07. The second-order valence-electron chi connectivity index (χ2n) is 5.05. The van der Waals surface area contributed by atoms with Gasteiger partial charge in [-0.1, -0.05) is 6.92 Å². The highest BCUT2D eigenvalue weighted by Crippen LogP contribution is 2.28. The minimum Gasteiger partial charge on any atom is -0.497 e. The van der Waals surface area contributed by atoms with E-state index in [0.717, 1.165) is 0 Å². The smallest absolute Gasteiger partial charge is 0.306 e. The largest absolute Gasteiger partial charge is 0.497 e. The topological polar surface area (TPSA) is 92.9 Å². The Balaban J connectivity index is 2.02. The maximum atomic E-state index is 12.2. The molecule has 1 aromatic rings. The quantitative estimate of drug-likeness (QED) is 0.804. The third-order valence-corrected chi connectivity index (χ3v) is 3.78. The fraction of sp³-hybridized carbons (Fsp3) is 0.429. The number of amides is 1. The minimum absolute atomic E-state index is 0.0101. The molecule has 1 aromatic carbocycles. The first-order valence-corrected chi connectivity index (χ1v) is 6.39. The van der Waals surface area contributed by atoms with Crippen molar-refractivity contribution in [2.75, 3.05) is 25.9 Å². The van der Waals surface area contributed by atoms with Crippen LogP contribution in [-0.2, 0) is 4.79 Å². The SMILES string of the molecule is COc1ccc(C(=O)N2CC(C(C)C(=O)O)C2)c(N)c1. The number of rotatable bonds is 4. The van der Waals surface area contributed by atoms with Crippen molar-refractivity contribution < 1.29 is 19.4 Å². The molecule has 1 heterocycles. The normalized spacial score (nSPS) is 16.4. The van der Waals surface area contributed by atoms with Crippen molar-refractivity contribution >= 4 is 17.6 Å². The number of methoxy groups -OCH3 is 1. The summed E-state index contributed by atoms with van der Waals surface area (Å²) >= 11 is 0. The molecule has 0 aliphatic carbocycles. The number of nitrogens with two attached hydrogens (primary N) is 1. The van der Waals surface area contributed by atoms with Crippen LogP contribution in [0.4, 0.5) is 5.69 Å². The number of carbonyl (C=O) groups excluding carboxylic acids is 1. The number of hydrogen-bond acceptors (Lipinski definition) is 4. The molecule has 0 aromatic heterocycles. The number of nitrogens with zero attached hydrogens (tertiary/aromatic N) is 1. The molecular weight excluding hydrogens is 260 g/mol. The summed E-state index contributed by atoms with van der Waals surface area (Å²) in [6, 6.07) is 4.91. The summed E-state index contributed by atoms with van der Waals surface area (Å²) in [7, 11) is 1.53. The van der Waals surface area contributed by atoms with E-state index in [1.54, 1.807) is 30.0 Å². The molecule has 0 bridgehead atoms. The van der Waals surface area contributed by atoms with Crippen molar-refractivity contribution in [3.05, 3.63) is 23.8 Å². The van der Waals surface area contributed by atoms with Gasteiger partial charge in [0.25, 0.3) is 5.91 Å². The van der Waals surface area contributed by atoms with Crippen molar-refractivity contribution in [1.29, 1.82) is 0 Å². The van der Waals surface area contributed by atoms with Gasteiger partial charge in [0.2, 0.25) is 0 Å². The lowest BCUT2D eigenvalue weighted by molar-refractivity contribution is -0.144. The molecule has 0 spiro atoms. The molecule has 6 heteroatoms. The van der Waals surface area contributed by atoms with Crippen molar-refractivity contribution in [3.8, 4) is 5.75 Å². The Morgan fingerprint density at radius 3 is 2.60 bits per heavy atom. The van der Waals surface area contributed by atoms with Crippen LogP contribution in [-0.4, -0.2) is 42.1 Å². The van der Waals surface area contributed by atoms with E-state index in [1.807, 2.05) is 0 Å². The Hall–Kier alpha value is -2.24. The van der Waals surface area contributed by atoms with E-state index >= 15 is 0 Å². The highest BCUT2D eigenvalue weighted by atomic mass is 16.5. The minimum atomic E-state index is -0.828. The van der Waals surface area contributed by atoms with Gasteiger partial charge in [0.05, 0.1) is 18.6 Å². The van der Waals surface area contributed by atoms with Crippen molar-refractivity contribution in [1.82, 2.24) is 4.90 Å². The summed E-state index contributed by atoms with van der Waals surface area (Å²) in [6.45, 7) is 2.58. The number of carbonyl (C=O) groups is 2. The molecule has 1 aliphatic heterocycles. The highest BCUT2D eigenvalue weighted by molar-refractivity contribution is 5.99. The Morgan fingerprint density at radius 2 is 2.10 bits per heavy atom. The highest BCUT2D eigenvalue weighted by Gasteiger charge is 2.37. The average Bonchev–Trinajstić information content (AvgIpc) is 2.36. The molecule has 2 rings (SSSR count). The van der Waals surface area contributed by atoms with Gasteiger partial charge in [0, 0.05) is 30.8 Å². The lowest BCUT2D eigenvalue weighted by Gasteiger charge is -2.41. The van der Waals surface area contributed by atoms with Crippen LogP contribution >= 0.6 is 0 Å². The number of likely N-dealkylation sites (tertiary alicyclic amines) is 1. The number of carboxylic acid groups (broad SMARTS) is 1. The van der Waals surface area contributed by atoms with Crippen LogP contribution in [0.5, 0.6) is 5.75 Å². The van der Waals surface area contributed by atoms with Crippen LogP contribution in [0.1, 0.15) is 17.3 Å². The molecular formula is C14H18N2O4. The van der Waals surface area contributed by atoms with E-state index < -0.39 is 11.9 Å². The van der Waals surface area contributed by atoms with Crippen LogP contribution in [0, 0.1) is 11.8 Å². The van der Waals surface area contributed by atoms with Crippen LogP contribution in [0.25, 0.3) is 0 Å². The Kier molecular flexibility index (Phi) is 3.83. The number of anilines is 1. The molecule has 1 unspecified atom stereocenters. The second kappa shape index (κ2) is 5.40. The summed E-state index contributed by atoms with van der Waals surface area (Å²) in [5.74, 6) is -0.826. The van der Waals surface area contributed by atoms with E-state index in [-0.39, 0.29) is 11.8 Å². The molecule has 0 saturated carbocycles. The molecule has 1 atom stereocenters. The van der Waals surface area contributed by atoms with E-state index in [4.69, 9.17) is 15.6 Å². The fourth-order valence-corrected chi connectivity index (χ4v) is 2.23. The number of carboxylic acids is 1. The zero-order chi connectivity index (χ0) is 14.9. The Morgan fingerprint density at radius 1 is 1.45 bits per heavy atom. The molecule has 1 amide bonds. The first-order chi connectivity index (χ1) is 9.43. The number of hydrogen-bond donors (Lipinski definition) is 2. The maximum Gasteiger partial charge on any atom is 0.306 e.